The van der Waals surface area contributed by atoms with E-state index in [0.717, 1.165) is 5.56 Å². The van der Waals surface area contributed by atoms with Crippen LogP contribution in [0.15, 0.2) is 30.3 Å². The molecule has 0 unspecified atom stereocenters. The van der Waals surface area contributed by atoms with E-state index in [2.05, 4.69) is 5.32 Å². The molecule has 0 aromatic heterocycles. The van der Waals surface area contributed by atoms with Gasteiger partial charge < -0.3 is 9.64 Å². The zero-order chi connectivity index (χ0) is 14.7. The Bertz CT molecular complexity index is 487. The SMILES string of the molecule is COC(=O)[C@H]1C[C@H](C(=O)N(C)C)[C@@H](c2ccccc2)N1. The van der Waals surface area contributed by atoms with Crippen molar-refractivity contribution in [2.75, 3.05) is 21.2 Å². The van der Waals surface area contributed by atoms with Gasteiger partial charge in [-0.3, -0.25) is 14.9 Å². The van der Waals surface area contributed by atoms with Crippen LogP contribution in [0.5, 0.6) is 0 Å². The number of nitrogens with zero attached hydrogens (tertiary/aromatic N) is 1. The number of carbonyl (C=O) groups excluding carboxylic acids is 2. The molecule has 0 spiro atoms. The van der Waals surface area contributed by atoms with Crippen molar-refractivity contribution >= 4 is 11.9 Å². The Labute approximate surface area is 118 Å². The number of carbonyl (C=O) groups is 2. The van der Waals surface area contributed by atoms with Crippen LogP contribution < -0.4 is 5.32 Å². The van der Waals surface area contributed by atoms with Crippen molar-refractivity contribution < 1.29 is 14.3 Å². The van der Waals surface area contributed by atoms with Crippen LogP contribution in [0.3, 0.4) is 0 Å². The lowest BCUT2D eigenvalue weighted by Gasteiger charge is -2.22. The highest BCUT2D eigenvalue weighted by Gasteiger charge is 2.42. The molecule has 0 saturated carbocycles. The van der Waals surface area contributed by atoms with Gasteiger partial charge in [0.05, 0.1) is 13.0 Å². The highest BCUT2D eigenvalue weighted by molar-refractivity contribution is 5.83. The molecule has 5 heteroatoms. The number of rotatable bonds is 3. The molecule has 0 radical (unpaired) electrons. The lowest BCUT2D eigenvalue weighted by molar-refractivity contribution is -0.142. The van der Waals surface area contributed by atoms with Gasteiger partial charge in [0.15, 0.2) is 0 Å². The molecular formula is C15H20N2O3. The molecule has 1 aliphatic heterocycles. The summed E-state index contributed by atoms with van der Waals surface area (Å²) < 4.78 is 4.78. The lowest BCUT2D eigenvalue weighted by Crippen LogP contribution is -2.34. The van der Waals surface area contributed by atoms with E-state index in [1.54, 1.807) is 19.0 Å². The molecule has 3 atom stereocenters. The maximum atomic E-state index is 12.3. The van der Waals surface area contributed by atoms with Gasteiger partial charge in [-0.25, -0.2) is 0 Å². The third kappa shape index (κ3) is 2.82. The first kappa shape index (κ1) is 14.5. The molecule has 1 N–H and O–H groups in total. The van der Waals surface area contributed by atoms with Gasteiger partial charge in [-0.05, 0) is 12.0 Å². The highest BCUT2D eigenvalue weighted by atomic mass is 16.5. The van der Waals surface area contributed by atoms with Crippen LogP contribution in [0, 0.1) is 5.92 Å². The number of esters is 1. The molecule has 0 aliphatic carbocycles. The van der Waals surface area contributed by atoms with Crippen LogP contribution in [0.2, 0.25) is 0 Å². The molecular weight excluding hydrogens is 256 g/mol. The number of ether oxygens (including phenoxy) is 1. The van der Waals surface area contributed by atoms with Crippen LogP contribution in [0.4, 0.5) is 0 Å². The van der Waals surface area contributed by atoms with Crippen molar-refractivity contribution in [1.82, 2.24) is 10.2 Å². The van der Waals surface area contributed by atoms with Gasteiger partial charge in [-0.1, -0.05) is 30.3 Å². The van der Waals surface area contributed by atoms with Crippen LogP contribution in [0.25, 0.3) is 0 Å². The Hall–Kier alpha value is -1.88. The maximum absolute atomic E-state index is 12.3. The van der Waals surface area contributed by atoms with Crippen molar-refractivity contribution in [3.63, 3.8) is 0 Å². The Morgan fingerprint density at radius 3 is 2.45 bits per heavy atom. The first-order chi connectivity index (χ1) is 9.54. The summed E-state index contributed by atoms with van der Waals surface area (Å²) in [4.78, 5) is 25.6. The van der Waals surface area contributed by atoms with Crippen molar-refractivity contribution in [2.45, 2.75) is 18.5 Å². The van der Waals surface area contributed by atoms with E-state index < -0.39 is 6.04 Å². The lowest BCUT2D eigenvalue weighted by atomic mass is 9.92. The third-order valence-electron chi connectivity index (χ3n) is 3.68. The largest absolute Gasteiger partial charge is 0.468 e. The quantitative estimate of drug-likeness (QED) is 0.836. The number of benzene rings is 1. The molecule has 20 heavy (non-hydrogen) atoms. The summed E-state index contributed by atoms with van der Waals surface area (Å²) in [6, 6.07) is 9.13. The van der Waals surface area contributed by atoms with Gasteiger partial charge in [0, 0.05) is 20.1 Å². The molecule has 1 aliphatic rings. The second-order valence-electron chi connectivity index (χ2n) is 5.21. The van der Waals surface area contributed by atoms with E-state index >= 15 is 0 Å². The molecule has 1 aromatic rings. The number of nitrogens with one attached hydrogen (secondary N) is 1. The van der Waals surface area contributed by atoms with Gasteiger partial charge in [0.1, 0.15) is 6.04 Å². The molecule has 0 bridgehead atoms. The molecule has 1 heterocycles. The van der Waals surface area contributed by atoms with Crippen molar-refractivity contribution in [3.8, 4) is 0 Å². The topological polar surface area (TPSA) is 58.6 Å². The Kier molecular flexibility index (Phi) is 4.39. The van der Waals surface area contributed by atoms with Crippen molar-refractivity contribution in [2.24, 2.45) is 5.92 Å². The molecule has 5 nitrogen and oxygen atoms in total. The smallest absolute Gasteiger partial charge is 0.322 e. The molecule has 108 valence electrons. The average molecular weight is 276 g/mol. The average Bonchev–Trinajstić information content (AvgIpc) is 2.91. The fourth-order valence-electron chi connectivity index (χ4n) is 2.66. The van der Waals surface area contributed by atoms with Gasteiger partial charge in [0.25, 0.3) is 0 Å². The number of amides is 1. The van der Waals surface area contributed by atoms with E-state index in [-0.39, 0.29) is 23.8 Å². The molecule has 1 saturated heterocycles. The summed E-state index contributed by atoms with van der Waals surface area (Å²) in [5.41, 5.74) is 1.01. The van der Waals surface area contributed by atoms with E-state index in [9.17, 15) is 9.59 Å². The monoisotopic (exact) mass is 276 g/mol. The second kappa shape index (κ2) is 6.05. The fourth-order valence-corrected chi connectivity index (χ4v) is 2.66. The molecule has 2 rings (SSSR count). The van der Waals surface area contributed by atoms with E-state index in [4.69, 9.17) is 4.74 Å². The van der Waals surface area contributed by atoms with E-state index in [1.165, 1.54) is 7.11 Å². The minimum absolute atomic E-state index is 0.0257. The first-order valence-electron chi connectivity index (χ1n) is 6.64. The first-order valence-corrected chi connectivity index (χ1v) is 6.64. The minimum Gasteiger partial charge on any atom is -0.468 e. The zero-order valence-corrected chi connectivity index (χ0v) is 12.0. The Morgan fingerprint density at radius 2 is 1.90 bits per heavy atom. The molecule has 1 fully saturated rings. The van der Waals surface area contributed by atoms with Crippen LogP contribution in [-0.2, 0) is 14.3 Å². The number of methoxy groups -OCH3 is 1. The van der Waals surface area contributed by atoms with Crippen LogP contribution >= 0.6 is 0 Å². The Morgan fingerprint density at radius 1 is 1.25 bits per heavy atom. The second-order valence-corrected chi connectivity index (χ2v) is 5.21. The number of hydrogen-bond donors (Lipinski definition) is 1. The summed E-state index contributed by atoms with van der Waals surface area (Å²) >= 11 is 0. The van der Waals surface area contributed by atoms with Gasteiger partial charge in [-0.2, -0.15) is 0 Å². The summed E-state index contributed by atoms with van der Waals surface area (Å²) in [6.45, 7) is 0. The van der Waals surface area contributed by atoms with E-state index in [0.29, 0.717) is 6.42 Å². The minimum atomic E-state index is -0.431. The summed E-state index contributed by atoms with van der Waals surface area (Å²) in [6.07, 6.45) is 0.462. The maximum Gasteiger partial charge on any atom is 0.322 e. The highest BCUT2D eigenvalue weighted by Crippen LogP contribution is 2.34. The van der Waals surface area contributed by atoms with Gasteiger partial charge in [-0.15, -0.1) is 0 Å². The normalized spacial score (nSPS) is 25.2. The van der Waals surface area contributed by atoms with Gasteiger partial charge in [0.2, 0.25) is 5.91 Å². The molecule has 1 amide bonds. The van der Waals surface area contributed by atoms with E-state index in [1.807, 2.05) is 30.3 Å². The zero-order valence-electron chi connectivity index (χ0n) is 12.0. The van der Waals surface area contributed by atoms with Crippen LogP contribution in [-0.4, -0.2) is 44.0 Å². The van der Waals surface area contributed by atoms with Crippen molar-refractivity contribution in [1.29, 1.82) is 0 Å². The fraction of sp³-hybridized carbons (Fsp3) is 0.467. The number of hydrogen-bond acceptors (Lipinski definition) is 4. The standard InChI is InChI=1S/C15H20N2O3/c1-17(2)14(18)11-9-12(15(19)20-3)16-13(11)10-7-5-4-6-8-10/h4-8,11-13,16H,9H2,1-3H3/t11-,12+,13+/m0/s1. The molecule has 1 aromatic carbocycles. The predicted octanol–water partition coefficient (Wildman–Crippen LogP) is 0.967. The summed E-state index contributed by atoms with van der Waals surface area (Å²) in [7, 11) is 4.83. The van der Waals surface area contributed by atoms with Crippen LogP contribution in [0.1, 0.15) is 18.0 Å². The predicted molar refractivity (Wildman–Crippen MR) is 74.9 cm³/mol. The van der Waals surface area contributed by atoms with Crippen molar-refractivity contribution in [3.05, 3.63) is 35.9 Å². The van der Waals surface area contributed by atoms with Gasteiger partial charge >= 0.3 is 5.97 Å². The third-order valence-corrected chi connectivity index (χ3v) is 3.68. The summed E-state index contributed by atoms with van der Waals surface area (Å²) in [5, 5.41) is 3.22. The summed E-state index contributed by atoms with van der Waals surface area (Å²) in [5.74, 6) is -0.547. The Balaban J connectivity index is 2.26.